The van der Waals surface area contributed by atoms with Gasteiger partial charge < -0.3 is 10.4 Å². The summed E-state index contributed by atoms with van der Waals surface area (Å²) >= 11 is 0. The Hall–Kier alpha value is -1.94. The van der Waals surface area contributed by atoms with Gasteiger partial charge in [0.2, 0.25) is 5.91 Å². The number of rotatable bonds is 2. The lowest BCUT2D eigenvalue weighted by atomic mass is 9.31. The van der Waals surface area contributed by atoms with E-state index in [4.69, 9.17) is 0 Å². The Morgan fingerprint density at radius 2 is 1.48 bits per heavy atom. The molecule has 5 aliphatic rings. The van der Waals surface area contributed by atoms with Crippen molar-refractivity contribution in [3.05, 3.63) is 41.5 Å². The van der Waals surface area contributed by atoms with Crippen LogP contribution in [0.1, 0.15) is 119 Å². The number of amides is 1. The fourth-order valence-electron chi connectivity index (χ4n) is 11.9. The number of nitrogens with one attached hydrogen (secondary N) is 1. The van der Waals surface area contributed by atoms with Gasteiger partial charge in [0.25, 0.3) is 0 Å². The highest BCUT2D eigenvalue weighted by atomic mass is 16.3. The average Bonchev–Trinajstić information content (AvgIpc) is 2.90. The highest BCUT2D eigenvalue weighted by Crippen LogP contribution is 2.77. The van der Waals surface area contributed by atoms with Gasteiger partial charge in [0.05, 0.1) is 6.10 Å². The lowest BCUT2D eigenvalue weighted by Gasteiger charge is -2.72. The molecule has 0 aromatic heterocycles. The molecular formula is C38H55NO3. The number of carbonyl (C=O) groups excluding carboxylic acids is 2. The standard InChI is InChI=1S/C38H55NO3/c1-24-10-12-25(13-11-24)39-31(42)33(4)18-19-34(5)20-21-36(7)28(38(34,9)23-33)22-26(40)30-35(6)16-15-29(41)32(2,3)27(35)14-17-37(30,36)8/h10-13,22,27,29-30,41H,14-21,23H2,1-9H3,(H,39,42)/t27-,29-,30+,33+,34+,35+,36+,37-,38+/m0/s1. The lowest BCUT2D eigenvalue weighted by molar-refractivity contribution is -0.207. The van der Waals surface area contributed by atoms with Crippen LogP contribution in [0.2, 0.25) is 0 Å². The van der Waals surface area contributed by atoms with Gasteiger partial charge in [-0.25, -0.2) is 0 Å². The minimum absolute atomic E-state index is 0.0305. The van der Waals surface area contributed by atoms with Crippen molar-refractivity contribution in [2.24, 2.45) is 49.7 Å². The minimum Gasteiger partial charge on any atom is -0.393 e. The SMILES string of the molecule is Cc1ccc(NC(=O)[C@]2(C)CC[C@]3(C)CC[C@]4(C)C(=CC(=O)[C@@H]5[C@]6(C)CC[C@H](O)C(C)(C)[C@@H]6CC[C@@]54C)[C@@]3(C)C2)cc1. The maximum atomic E-state index is 14.7. The Kier molecular flexibility index (Phi) is 6.49. The summed E-state index contributed by atoms with van der Waals surface area (Å²) in [5, 5.41) is 14.3. The first-order chi connectivity index (χ1) is 19.4. The molecular weight excluding hydrogens is 518 g/mol. The van der Waals surface area contributed by atoms with Gasteiger partial charge in [0.1, 0.15) is 0 Å². The highest BCUT2D eigenvalue weighted by molar-refractivity contribution is 5.97. The maximum absolute atomic E-state index is 14.7. The van der Waals surface area contributed by atoms with Crippen LogP contribution in [-0.2, 0) is 9.59 Å². The summed E-state index contributed by atoms with van der Waals surface area (Å²) in [6.07, 6.45) is 10.4. The van der Waals surface area contributed by atoms with Crippen molar-refractivity contribution >= 4 is 17.4 Å². The predicted molar refractivity (Wildman–Crippen MR) is 170 cm³/mol. The van der Waals surface area contributed by atoms with Crippen LogP contribution in [0.25, 0.3) is 0 Å². The first kappa shape index (κ1) is 30.1. The molecule has 0 heterocycles. The number of anilines is 1. The Morgan fingerprint density at radius 1 is 0.833 bits per heavy atom. The number of hydrogen-bond acceptors (Lipinski definition) is 3. The van der Waals surface area contributed by atoms with Crippen molar-refractivity contribution in [3.8, 4) is 0 Å². The van der Waals surface area contributed by atoms with Crippen LogP contribution in [0, 0.1) is 56.7 Å². The van der Waals surface area contributed by atoms with E-state index in [9.17, 15) is 14.7 Å². The van der Waals surface area contributed by atoms with E-state index >= 15 is 0 Å². The summed E-state index contributed by atoms with van der Waals surface area (Å²) < 4.78 is 0. The van der Waals surface area contributed by atoms with Crippen LogP contribution in [0.4, 0.5) is 5.69 Å². The molecule has 0 radical (unpaired) electrons. The second-order valence-corrected chi connectivity index (χ2v) is 17.6. The van der Waals surface area contributed by atoms with Crippen molar-refractivity contribution in [1.29, 1.82) is 0 Å². The summed E-state index contributed by atoms with van der Waals surface area (Å²) in [7, 11) is 0. The van der Waals surface area contributed by atoms with Crippen LogP contribution in [0.3, 0.4) is 0 Å². The number of aliphatic hydroxyl groups is 1. The number of fused-ring (bicyclic) bond motifs is 7. The quantitative estimate of drug-likeness (QED) is 0.372. The second-order valence-electron chi connectivity index (χ2n) is 17.6. The third-order valence-corrected chi connectivity index (χ3v) is 15.1. The minimum atomic E-state index is -0.508. The number of hydrogen-bond donors (Lipinski definition) is 2. The van der Waals surface area contributed by atoms with Gasteiger partial charge in [-0.15, -0.1) is 0 Å². The molecule has 230 valence electrons. The number of aryl methyl sites for hydroxylation is 1. The van der Waals surface area contributed by atoms with Crippen molar-refractivity contribution in [2.75, 3.05) is 5.32 Å². The molecule has 0 bridgehead atoms. The summed E-state index contributed by atoms with van der Waals surface area (Å²) in [6.45, 7) is 20.8. The maximum Gasteiger partial charge on any atom is 0.230 e. The first-order valence-corrected chi connectivity index (χ1v) is 16.7. The van der Waals surface area contributed by atoms with E-state index < -0.39 is 5.41 Å². The monoisotopic (exact) mass is 573 g/mol. The first-order valence-electron chi connectivity index (χ1n) is 16.7. The van der Waals surface area contributed by atoms with E-state index in [0.717, 1.165) is 63.5 Å². The molecule has 4 saturated carbocycles. The van der Waals surface area contributed by atoms with Gasteiger partial charge in [-0.3, -0.25) is 9.59 Å². The third-order valence-electron chi connectivity index (χ3n) is 15.1. The van der Waals surface area contributed by atoms with Crippen molar-refractivity contribution in [2.45, 2.75) is 126 Å². The zero-order chi connectivity index (χ0) is 30.7. The van der Waals surface area contributed by atoms with Crippen molar-refractivity contribution < 1.29 is 14.7 Å². The molecule has 42 heavy (non-hydrogen) atoms. The molecule has 4 nitrogen and oxygen atoms in total. The molecule has 1 amide bonds. The predicted octanol–water partition coefficient (Wildman–Crippen LogP) is 8.67. The van der Waals surface area contributed by atoms with Gasteiger partial charge in [0.15, 0.2) is 5.78 Å². The van der Waals surface area contributed by atoms with Crippen LogP contribution in [0.5, 0.6) is 0 Å². The van der Waals surface area contributed by atoms with Gasteiger partial charge in [0, 0.05) is 17.0 Å². The van der Waals surface area contributed by atoms with Crippen LogP contribution in [-0.4, -0.2) is 22.9 Å². The molecule has 6 rings (SSSR count). The molecule has 9 atom stereocenters. The highest BCUT2D eigenvalue weighted by Gasteiger charge is 2.72. The number of benzene rings is 1. The Bertz CT molecular complexity index is 1340. The summed E-state index contributed by atoms with van der Waals surface area (Å²) in [4.78, 5) is 28.6. The second kappa shape index (κ2) is 9.05. The molecule has 0 unspecified atom stereocenters. The van der Waals surface area contributed by atoms with E-state index in [1.54, 1.807) is 0 Å². The van der Waals surface area contributed by atoms with E-state index in [1.165, 1.54) is 11.1 Å². The molecule has 0 saturated heterocycles. The van der Waals surface area contributed by atoms with Crippen molar-refractivity contribution in [1.82, 2.24) is 0 Å². The summed E-state index contributed by atoms with van der Waals surface area (Å²) in [5.74, 6) is 0.718. The van der Waals surface area contributed by atoms with Gasteiger partial charge >= 0.3 is 0 Å². The van der Waals surface area contributed by atoms with Gasteiger partial charge in [-0.1, -0.05) is 78.7 Å². The molecule has 0 spiro atoms. The largest absolute Gasteiger partial charge is 0.393 e. The lowest BCUT2D eigenvalue weighted by Crippen LogP contribution is -2.68. The molecule has 2 N–H and O–H groups in total. The normalized spacial score (nSPS) is 47.7. The molecule has 4 fully saturated rings. The zero-order valence-corrected chi connectivity index (χ0v) is 27.7. The van der Waals surface area contributed by atoms with Crippen LogP contribution < -0.4 is 5.32 Å². The molecule has 1 aromatic carbocycles. The smallest absolute Gasteiger partial charge is 0.230 e. The number of ketones is 1. The van der Waals surface area contributed by atoms with E-state index in [-0.39, 0.29) is 50.4 Å². The van der Waals surface area contributed by atoms with Gasteiger partial charge in [-0.05, 0) is 121 Å². The van der Waals surface area contributed by atoms with Crippen molar-refractivity contribution in [3.63, 3.8) is 0 Å². The fourth-order valence-corrected chi connectivity index (χ4v) is 11.9. The fraction of sp³-hybridized carbons (Fsp3) is 0.737. The number of aliphatic hydroxyl groups excluding tert-OH is 1. The molecule has 1 aromatic rings. The molecule has 4 heteroatoms. The molecule has 0 aliphatic heterocycles. The third kappa shape index (κ3) is 3.75. The average molecular weight is 574 g/mol. The Morgan fingerprint density at radius 3 is 2.14 bits per heavy atom. The number of carbonyl (C=O) groups is 2. The van der Waals surface area contributed by atoms with Crippen LogP contribution >= 0.6 is 0 Å². The Balaban J connectivity index is 1.40. The van der Waals surface area contributed by atoms with E-state index in [0.29, 0.717) is 11.7 Å². The van der Waals surface area contributed by atoms with E-state index in [1.807, 2.05) is 24.3 Å². The van der Waals surface area contributed by atoms with Gasteiger partial charge in [-0.2, -0.15) is 0 Å². The van der Waals surface area contributed by atoms with Crippen LogP contribution in [0.15, 0.2) is 35.9 Å². The summed E-state index contributed by atoms with van der Waals surface area (Å²) in [5.41, 5.74) is 2.14. The van der Waals surface area contributed by atoms with E-state index in [2.05, 4.69) is 73.7 Å². The number of allylic oxidation sites excluding steroid dienone is 2. The summed E-state index contributed by atoms with van der Waals surface area (Å²) in [6, 6.07) is 8.08. The topological polar surface area (TPSA) is 66.4 Å². The zero-order valence-electron chi connectivity index (χ0n) is 27.7. The molecule has 5 aliphatic carbocycles. The Labute approximate surface area is 254 Å².